The van der Waals surface area contributed by atoms with Crippen LogP contribution in [0.4, 0.5) is 0 Å². The van der Waals surface area contributed by atoms with Crippen molar-refractivity contribution < 1.29 is 104 Å². The van der Waals surface area contributed by atoms with Crippen LogP contribution < -0.4 is 14.9 Å². The predicted octanol–water partition coefficient (Wildman–Crippen LogP) is -5.24. The van der Waals surface area contributed by atoms with E-state index in [1.165, 1.54) is 6.07 Å². The standard InChI is InChI=1S/C33H40O22/c34-6-15-19(40)22(43)25(46)32(51-15)54-29-17(8-36)53-31(27(48)24(29)45)49-10-4-13(39)18-14(5-10)50-28(9-1-2-11(37)12(38)3-9)30(21(18)42)55-33-26(47)23(44)20(41)16(7-35)52-33/h1-5,15-17,19-20,22-27,29,31-41,43-48H,6-8H2/t15-,16-,17-,19-,20-,22+,23+,24-,25-,26-,27-,29-,31-,32+,33+/m1/s1. The number of phenolic OH excluding ortho intramolecular Hbond substituents is 3. The molecular formula is C33H40O22. The number of rotatable bonds is 10. The summed E-state index contributed by atoms with van der Waals surface area (Å²) in [5.41, 5.74) is -1.68. The third kappa shape index (κ3) is 7.63. The summed E-state index contributed by atoms with van der Waals surface area (Å²) in [7, 11) is 0. The molecule has 2 aromatic carbocycles. The number of hydrogen-bond donors (Lipinski definition) is 14. The molecule has 22 heteroatoms. The molecule has 3 aliphatic rings. The molecule has 4 heterocycles. The number of ether oxygens (including phenoxy) is 6. The Hall–Kier alpha value is -3.95. The maximum absolute atomic E-state index is 13.9. The first-order valence-corrected chi connectivity index (χ1v) is 16.7. The van der Waals surface area contributed by atoms with Crippen molar-refractivity contribution in [2.75, 3.05) is 19.8 Å². The van der Waals surface area contributed by atoms with Crippen LogP contribution in [0.2, 0.25) is 0 Å². The molecule has 0 bridgehead atoms. The topological polar surface area (TPSA) is 369 Å². The first-order chi connectivity index (χ1) is 26.1. The minimum atomic E-state index is -1.99. The van der Waals surface area contributed by atoms with E-state index in [0.717, 1.165) is 24.3 Å². The number of aliphatic hydroxyl groups excluding tert-OH is 11. The maximum atomic E-state index is 13.9. The van der Waals surface area contributed by atoms with E-state index in [1.54, 1.807) is 0 Å². The van der Waals surface area contributed by atoms with Crippen molar-refractivity contribution >= 4 is 11.0 Å². The Balaban J connectivity index is 1.31. The van der Waals surface area contributed by atoms with Crippen LogP contribution in [0.25, 0.3) is 22.3 Å². The van der Waals surface area contributed by atoms with Crippen LogP contribution in [0.5, 0.6) is 28.7 Å². The Morgan fingerprint density at radius 1 is 0.564 bits per heavy atom. The summed E-state index contributed by atoms with van der Waals surface area (Å²) >= 11 is 0. The van der Waals surface area contributed by atoms with Crippen LogP contribution in [0.15, 0.2) is 39.5 Å². The Morgan fingerprint density at radius 3 is 1.71 bits per heavy atom. The Bertz CT molecular complexity index is 1870. The molecule has 14 N–H and O–H groups in total. The molecule has 3 aromatic rings. The first-order valence-electron chi connectivity index (χ1n) is 16.7. The fraction of sp³-hybridized carbons (Fsp3) is 0.545. The third-order valence-electron chi connectivity index (χ3n) is 9.44. The van der Waals surface area contributed by atoms with Crippen molar-refractivity contribution in [3.63, 3.8) is 0 Å². The van der Waals surface area contributed by atoms with Crippen molar-refractivity contribution in [1.82, 2.24) is 0 Å². The van der Waals surface area contributed by atoms with Crippen LogP contribution in [-0.2, 0) is 18.9 Å². The van der Waals surface area contributed by atoms with E-state index < -0.39 is 157 Å². The van der Waals surface area contributed by atoms with Gasteiger partial charge in [0.05, 0.1) is 19.8 Å². The predicted molar refractivity (Wildman–Crippen MR) is 174 cm³/mol. The Kier molecular flexibility index (Phi) is 12.0. The molecule has 304 valence electrons. The SMILES string of the molecule is O=c1c(O[C@@H]2O[C@H](CO)[C@@H](O)[C@H](O)[C@H]2O)c(-c2ccc(O)c(O)c2)oc2cc(O[C@@H]3O[C@H](CO)[C@@H](O[C@@H]4O[C@H](CO)[C@@H](O)[C@H](O)[C@H]4O)[C@H](O)[C@H]3O)cc(O)c12. The summed E-state index contributed by atoms with van der Waals surface area (Å²) in [5, 5.41) is 143. The zero-order valence-corrected chi connectivity index (χ0v) is 28.2. The molecule has 3 aliphatic heterocycles. The molecule has 0 aliphatic carbocycles. The minimum absolute atomic E-state index is 0.120. The van der Waals surface area contributed by atoms with Crippen LogP contribution in [0, 0.1) is 0 Å². The molecule has 0 amide bonds. The number of aromatic hydroxyl groups is 3. The second kappa shape index (κ2) is 16.3. The average Bonchev–Trinajstić information content (AvgIpc) is 3.16. The highest BCUT2D eigenvalue weighted by molar-refractivity contribution is 5.88. The van der Waals surface area contributed by atoms with Crippen molar-refractivity contribution in [3.05, 3.63) is 40.6 Å². The van der Waals surface area contributed by atoms with Gasteiger partial charge in [-0.05, 0) is 18.2 Å². The average molecular weight is 789 g/mol. The molecule has 0 saturated carbocycles. The van der Waals surface area contributed by atoms with Crippen LogP contribution in [0.1, 0.15) is 0 Å². The van der Waals surface area contributed by atoms with Crippen molar-refractivity contribution in [3.8, 4) is 40.1 Å². The van der Waals surface area contributed by atoms with E-state index in [0.29, 0.717) is 0 Å². The Morgan fingerprint density at radius 2 is 1.11 bits per heavy atom. The van der Waals surface area contributed by atoms with Crippen molar-refractivity contribution in [2.45, 2.75) is 92.1 Å². The molecule has 3 fully saturated rings. The Labute approximate surface area is 307 Å². The van der Waals surface area contributed by atoms with Crippen molar-refractivity contribution in [2.24, 2.45) is 0 Å². The monoisotopic (exact) mass is 788 g/mol. The highest BCUT2D eigenvalue weighted by Crippen LogP contribution is 2.40. The number of fused-ring (bicyclic) bond motifs is 1. The summed E-state index contributed by atoms with van der Waals surface area (Å²) in [4.78, 5) is 13.9. The van der Waals surface area contributed by atoms with Crippen molar-refractivity contribution in [1.29, 1.82) is 0 Å². The molecule has 1 aromatic heterocycles. The largest absolute Gasteiger partial charge is 0.507 e. The number of aliphatic hydroxyl groups is 11. The normalized spacial score (nSPS) is 36.8. The highest BCUT2D eigenvalue weighted by Gasteiger charge is 2.51. The molecule has 55 heavy (non-hydrogen) atoms. The van der Waals surface area contributed by atoms with Crippen LogP contribution in [-0.4, -0.2) is 183 Å². The second-order valence-corrected chi connectivity index (χ2v) is 13.0. The molecule has 0 radical (unpaired) electrons. The smallest absolute Gasteiger partial charge is 0.239 e. The van der Waals surface area contributed by atoms with Gasteiger partial charge in [0.15, 0.2) is 23.5 Å². The maximum Gasteiger partial charge on any atom is 0.239 e. The molecule has 3 saturated heterocycles. The molecule has 0 unspecified atom stereocenters. The van der Waals surface area contributed by atoms with Gasteiger partial charge in [-0.2, -0.15) is 0 Å². The summed E-state index contributed by atoms with van der Waals surface area (Å²) in [6.07, 6.45) is -26.6. The van der Waals surface area contributed by atoms with Gasteiger partial charge in [0, 0.05) is 17.7 Å². The van der Waals surface area contributed by atoms with Gasteiger partial charge >= 0.3 is 0 Å². The van der Waals surface area contributed by atoms with Gasteiger partial charge in [0.2, 0.25) is 23.8 Å². The summed E-state index contributed by atoms with van der Waals surface area (Å²) in [5.74, 6) is -3.69. The van der Waals surface area contributed by atoms with Gasteiger partial charge in [0.25, 0.3) is 0 Å². The zero-order valence-electron chi connectivity index (χ0n) is 28.2. The van der Waals surface area contributed by atoms with E-state index in [-0.39, 0.29) is 11.3 Å². The fourth-order valence-corrected chi connectivity index (χ4v) is 6.36. The summed E-state index contributed by atoms with van der Waals surface area (Å²) < 4.78 is 39.0. The van der Waals surface area contributed by atoms with Gasteiger partial charge in [-0.1, -0.05) is 0 Å². The minimum Gasteiger partial charge on any atom is -0.507 e. The van der Waals surface area contributed by atoms with Crippen LogP contribution in [0.3, 0.4) is 0 Å². The zero-order chi connectivity index (χ0) is 40.0. The van der Waals surface area contributed by atoms with Gasteiger partial charge in [-0.15, -0.1) is 0 Å². The lowest BCUT2D eigenvalue weighted by molar-refractivity contribution is -0.352. The van der Waals surface area contributed by atoms with E-state index in [4.69, 9.17) is 32.8 Å². The summed E-state index contributed by atoms with van der Waals surface area (Å²) in [6.45, 7) is -2.51. The lowest BCUT2D eigenvalue weighted by atomic mass is 9.97. The lowest BCUT2D eigenvalue weighted by Gasteiger charge is -2.45. The molecule has 22 nitrogen and oxygen atoms in total. The molecule has 0 spiro atoms. The van der Waals surface area contributed by atoms with E-state index >= 15 is 0 Å². The first kappa shape index (κ1) is 40.7. The number of hydrogen-bond acceptors (Lipinski definition) is 22. The van der Waals surface area contributed by atoms with E-state index in [1.807, 2.05) is 0 Å². The molecule has 6 rings (SSSR count). The molecule has 15 atom stereocenters. The van der Waals surface area contributed by atoms with E-state index in [2.05, 4.69) is 0 Å². The quantitative estimate of drug-likeness (QED) is 0.0853. The molecular weight excluding hydrogens is 748 g/mol. The number of benzene rings is 2. The van der Waals surface area contributed by atoms with Gasteiger partial charge in [-0.3, -0.25) is 4.79 Å². The second-order valence-electron chi connectivity index (χ2n) is 13.0. The fourth-order valence-electron chi connectivity index (χ4n) is 6.36. The lowest BCUT2D eigenvalue weighted by Crippen LogP contribution is -2.65. The van der Waals surface area contributed by atoms with Gasteiger partial charge < -0.3 is 104 Å². The van der Waals surface area contributed by atoms with Gasteiger partial charge in [-0.25, -0.2) is 0 Å². The van der Waals surface area contributed by atoms with Crippen LogP contribution >= 0.6 is 0 Å². The van der Waals surface area contributed by atoms with Gasteiger partial charge in [0.1, 0.15) is 95.7 Å². The number of phenols is 3. The third-order valence-corrected chi connectivity index (χ3v) is 9.44. The highest BCUT2D eigenvalue weighted by atomic mass is 16.7. The summed E-state index contributed by atoms with van der Waals surface area (Å²) in [6, 6.07) is 5.08. The van der Waals surface area contributed by atoms with E-state index in [9.17, 15) is 76.3 Å².